The van der Waals surface area contributed by atoms with Gasteiger partial charge in [-0.1, -0.05) is 0 Å². The summed E-state index contributed by atoms with van der Waals surface area (Å²) in [6.07, 6.45) is 2.98. The molecule has 0 unspecified atom stereocenters. The average Bonchev–Trinajstić information content (AvgIpc) is 3.17. The van der Waals surface area contributed by atoms with Crippen LogP contribution in [-0.2, 0) is 4.79 Å². The molecule has 3 heterocycles. The van der Waals surface area contributed by atoms with Crippen molar-refractivity contribution in [3.8, 4) is 5.75 Å². The molecule has 1 fully saturated rings. The first-order chi connectivity index (χ1) is 13.1. The van der Waals surface area contributed by atoms with Crippen LogP contribution in [-0.4, -0.2) is 45.9 Å². The van der Waals surface area contributed by atoms with Crippen LogP contribution in [0.1, 0.15) is 12.8 Å². The molecule has 2 aromatic heterocycles. The molecule has 1 aromatic carbocycles. The number of carbonyl (C=O) groups excluding carboxylic acids is 1. The standard InChI is InChI=1S/C18H19FN6O2/c1-27-15-10-13(19)2-3-14(15)21-18(26)12-6-8-24(9-7-12)17-5-4-16-22-20-11-25(16)23-17/h2-5,10-12H,6-9H2,1H3,(H,21,26). The van der Waals surface area contributed by atoms with E-state index in [-0.39, 0.29) is 11.8 Å². The minimum atomic E-state index is -0.407. The number of hydrogen-bond donors (Lipinski definition) is 1. The van der Waals surface area contributed by atoms with Crippen molar-refractivity contribution in [1.82, 2.24) is 19.8 Å². The number of nitrogens with zero attached hydrogens (tertiary/aromatic N) is 5. The molecule has 9 heteroatoms. The third-order valence-corrected chi connectivity index (χ3v) is 4.76. The summed E-state index contributed by atoms with van der Waals surface area (Å²) >= 11 is 0. The number of aromatic nitrogens is 4. The topological polar surface area (TPSA) is 84.6 Å². The van der Waals surface area contributed by atoms with Crippen LogP contribution in [0.3, 0.4) is 0 Å². The van der Waals surface area contributed by atoms with Crippen LogP contribution in [0.2, 0.25) is 0 Å². The number of halogens is 1. The van der Waals surface area contributed by atoms with Crippen molar-refractivity contribution in [2.24, 2.45) is 5.92 Å². The predicted molar refractivity (Wildman–Crippen MR) is 97.3 cm³/mol. The van der Waals surface area contributed by atoms with E-state index < -0.39 is 5.82 Å². The van der Waals surface area contributed by atoms with Crippen molar-refractivity contribution in [2.75, 3.05) is 30.4 Å². The number of ether oxygens (including phenoxy) is 1. The van der Waals surface area contributed by atoms with Gasteiger partial charge in [0, 0.05) is 25.1 Å². The SMILES string of the molecule is COc1cc(F)ccc1NC(=O)C1CCN(c2ccc3nncn3n2)CC1. The highest BCUT2D eigenvalue weighted by Gasteiger charge is 2.26. The molecule has 1 N–H and O–H groups in total. The molecule has 4 rings (SSSR count). The molecule has 0 saturated carbocycles. The van der Waals surface area contributed by atoms with Crippen LogP contribution in [0, 0.1) is 11.7 Å². The van der Waals surface area contributed by atoms with Crippen LogP contribution in [0.15, 0.2) is 36.7 Å². The first-order valence-corrected chi connectivity index (χ1v) is 8.70. The van der Waals surface area contributed by atoms with E-state index in [1.54, 1.807) is 10.8 Å². The molecular weight excluding hydrogens is 351 g/mol. The third-order valence-electron chi connectivity index (χ3n) is 4.76. The summed E-state index contributed by atoms with van der Waals surface area (Å²) in [7, 11) is 1.45. The first-order valence-electron chi connectivity index (χ1n) is 8.70. The Labute approximate surface area is 155 Å². The molecule has 140 valence electrons. The second-order valence-electron chi connectivity index (χ2n) is 6.42. The van der Waals surface area contributed by atoms with E-state index in [1.165, 1.54) is 25.3 Å². The molecule has 1 saturated heterocycles. The smallest absolute Gasteiger partial charge is 0.227 e. The van der Waals surface area contributed by atoms with E-state index in [2.05, 4.69) is 25.5 Å². The maximum absolute atomic E-state index is 13.3. The normalized spacial score (nSPS) is 15.1. The molecule has 0 atom stereocenters. The Hall–Kier alpha value is -3.23. The molecule has 0 bridgehead atoms. The van der Waals surface area contributed by atoms with Crippen molar-refractivity contribution < 1.29 is 13.9 Å². The van der Waals surface area contributed by atoms with Crippen molar-refractivity contribution in [3.05, 3.63) is 42.5 Å². The van der Waals surface area contributed by atoms with Gasteiger partial charge in [-0.05, 0) is 37.1 Å². The summed E-state index contributed by atoms with van der Waals surface area (Å²) in [4.78, 5) is 14.7. The maximum atomic E-state index is 13.3. The predicted octanol–water partition coefficient (Wildman–Crippen LogP) is 2.13. The summed E-state index contributed by atoms with van der Waals surface area (Å²) < 4.78 is 20.1. The zero-order valence-electron chi connectivity index (χ0n) is 14.8. The van der Waals surface area contributed by atoms with Crippen molar-refractivity contribution in [3.63, 3.8) is 0 Å². The van der Waals surface area contributed by atoms with Crippen molar-refractivity contribution in [2.45, 2.75) is 12.8 Å². The fourth-order valence-electron chi connectivity index (χ4n) is 3.26. The highest BCUT2D eigenvalue weighted by atomic mass is 19.1. The van der Waals surface area contributed by atoms with Gasteiger partial charge in [0.25, 0.3) is 0 Å². The molecule has 0 aliphatic carbocycles. The molecule has 3 aromatic rings. The third kappa shape index (κ3) is 3.53. The molecule has 0 spiro atoms. The van der Waals surface area contributed by atoms with Gasteiger partial charge in [-0.25, -0.2) is 4.39 Å². The number of carbonyl (C=O) groups is 1. The number of anilines is 2. The van der Waals surface area contributed by atoms with Gasteiger partial charge in [-0.3, -0.25) is 4.79 Å². The first kappa shape index (κ1) is 17.2. The highest BCUT2D eigenvalue weighted by molar-refractivity contribution is 5.94. The number of piperidine rings is 1. The Balaban J connectivity index is 1.39. The number of benzene rings is 1. The molecule has 0 radical (unpaired) electrons. The molecule has 1 amide bonds. The van der Waals surface area contributed by atoms with Gasteiger partial charge < -0.3 is 15.0 Å². The summed E-state index contributed by atoms with van der Waals surface area (Å²) in [5, 5.41) is 15.1. The molecule has 1 aliphatic heterocycles. The van der Waals surface area contributed by atoms with E-state index in [9.17, 15) is 9.18 Å². The number of fused-ring (bicyclic) bond motifs is 1. The van der Waals surface area contributed by atoms with Crippen LogP contribution in [0.25, 0.3) is 5.65 Å². The Morgan fingerprint density at radius 3 is 2.85 bits per heavy atom. The minimum absolute atomic E-state index is 0.0817. The van der Waals surface area contributed by atoms with E-state index in [4.69, 9.17) is 4.74 Å². The van der Waals surface area contributed by atoms with E-state index in [1.807, 2.05) is 12.1 Å². The lowest BCUT2D eigenvalue weighted by Crippen LogP contribution is -2.38. The zero-order chi connectivity index (χ0) is 18.8. The van der Waals surface area contributed by atoms with Crippen LogP contribution >= 0.6 is 0 Å². The summed E-state index contributed by atoms with van der Waals surface area (Å²) in [5.74, 6) is 0.542. The number of amides is 1. The maximum Gasteiger partial charge on any atom is 0.227 e. The van der Waals surface area contributed by atoms with Gasteiger partial charge in [-0.2, -0.15) is 4.52 Å². The lowest BCUT2D eigenvalue weighted by Gasteiger charge is -2.32. The fourth-order valence-corrected chi connectivity index (χ4v) is 3.26. The molecular formula is C18H19FN6O2. The number of rotatable bonds is 4. The van der Waals surface area contributed by atoms with Gasteiger partial charge in [0.1, 0.15) is 23.7 Å². The van der Waals surface area contributed by atoms with E-state index >= 15 is 0 Å². The van der Waals surface area contributed by atoms with Gasteiger partial charge in [0.05, 0.1) is 12.8 Å². The lowest BCUT2D eigenvalue weighted by molar-refractivity contribution is -0.120. The van der Waals surface area contributed by atoms with Crippen LogP contribution in [0.4, 0.5) is 15.9 Å². The second kappa shape index (κ2) is 7.18. The summed E-state index contributed by atoms with van der Waals surface area (Å²) in [5.41, 5.74) is 1.17. The van der Waals surface area contributed by atoms with Crippen LogP contribution in [0.5, 0.6) is 5.75 Å². The van der Waals surface area contributed by atoms with Crippen molar-refractivity contribution in [1.29, 1.82) is 0 Å². The zero-order valence-corrected chi connectivity index (χ0v) is 14.8. The summed E-state index contributed by atoms with van der Waals surface area (Å²) in [6, 6.07) is 7.85. The van der Waals surface area contributed by atoms with Gasteiger partial charge in [0.2, 0.25) is 5.91 Å². The second-order valence-corrected chi connectivity index (χ2v) is 6.42. The average molecular weight is 370 g/mol. The molecule has 1 aliphatic rings. The van der Waals surface area contributed by atoms with Gasteiger partial charge in [-0.15, -0.1) is 15.3 Å². The highest BCUT2D eigenvalue weighted by Crippen LogP contribution is 2.28. The minimum Gasteiger partial charge on any atom is -0.494 e. The van der Waals surface area contributed by atoms with E-state index in [0.29, 0.717) is 29.9 Å². The Bertz CT molecular complexity index is 967. The quantitative estimate of drug-likeness (QED) is 0.757. The molecule has 8 nitrogen and oxygen atoms in total. The number of hydrogen-bond acceptors (Lipinski definition) is 6. The Morgan fingerprint density at radius 2 is 2.07 bits per heavy atom. The fraction of sp³-hybridized carbons (Fsp3) is 0.333. The monoisotopic (exact) mass is 370 g/mol. The lowest BCUT2D eigenvalue weighted by atomic mass is 9.95. The van der Waals surface area contributed by atoms with Gasteiger partial charge >= 0.3 is 0 Å². The Kier molecular flexibility index (Phi) is 4.57. The van der Waals surface area contributed by atoms with Crippen LogP contribution < -0.4 is 15.0 Å². The van der Waals surface area contributed by atoms with Crippen molar-refractivity contribution >= 4 is 23.1 Å². The number of methoxy groups -OCH3 is 1. The Morgan fingerprint density at radius 1 is 1.26 bits per heavy atom. The number of nitrogens with one attached hydrogen (secondary N) is 1. The largest absolute Gasteiger partial charge is 0.494 e. The summed E-state index contributed by atoms with van der Waals surface area (Å²) in [6.45, 7) is 1.44. The van der Waals surface area contributed by atoms with Gasteiger partial charge in [0.15, 0.2) is 5.65 Å². The molecule has 27 heavy (non-hydrogen) atoms. The van der Waals surface area contributed by atoms with E-state index in [0.717, 1.165) is 18.9 Å².